The van der Waals surface area contributed by atoms with Crippen LogP contribution in [-0.2, 0) is 0 Å². The van der Waals surface area contributed by atoms with Gasteiger partial charge in [0.2, 0.25) is 5.43 Å². The molecule has 1 aliphatic heterocycles. The second kappa shape index (κ2) is 6.13. The van der Waals surface area contributed by atoms with E-state index < -0.39 is 0 Å². The molecule has 0 spiro atoms. The van der Waals surface area contributed by atoms with Crippen LogP contribution >= 0.6 is 27.3 Å². The average Bonchev–Trinajstić information content (AvgIpc) is 2.94. The molecule has 3 aromatic rings. The van der Waals surface area contributed by atoms with Gasteiger partial charge in [0.15, 0.2) is 11.5 Å². The van der Waals surface area contributed by atoms with Crippen LogP contribution in [0.15, 0.2) is 50.1 Å². The second-order valence-electron chi connectivity index (χ2n) is 5.77. The lowest BCUT2D eigenvalue weighted by molar-refractivity contribution is 0.512. The lowest BCUT2D eigenvalue weighted by Crippen LogP contribution is -2.29. The lowest BCUT2D eigenvalue weighted by atomic mass is 10.1. The van der Waals surface area contributed by atoms with Gasteiger partial charge in [-0.05, 0) is 40.8 Å². The molecule has 1 aromatic carbocycles. The van der Waals surface area contributed by atoms with Gasteiger partial charge in [-0.3, -0.25) is 4.79 Å². The van der Waals surface area contributed by atoms with E-state index in [-0.39, 0.29) is 5.43 Å². The number of hydrogen-bond acceptors (Lipinski definition) is 4. The van der Waals surface area contributed by atoms with Gasteiger partial charge in [-0.2, -0.15) is 0 Å². The highest BCUT2D eigenvalue weighted by atomic mass is 79.9. The van der Waals surface area contributed by atoms with Crippen LogP contribution in [-0.4, -0.2) is 13.1 Å². The van der Waals surface area contributed by atoms with Crippen LogP contribution < -0.4 is 10.3 Å². The molecule has 1 aliphatic rings. The van der Waals surface area contributed by atoms with Crippen molar-refractivity contribution in [3.63, 3.8) is 0 Å². The van der Waals surface area contributed by atoms with E-state index in [2.05, 4.69) is 20.8 Å². The Hall–Kier alpha value is -1.59. The molecule has 3 heterocycles. The van der Waals surface area contributed by atoms with Crippen molar-refractivity contribution in [2.75, 3.05) is 18.0 Å². The van der Waals surface area contributed by atoms with E-state index in [1.165, 1.54) is 17.8 Å². The van der Waals surface area contributed by atoms with Gasteiger partial charge in [-0.25, -0.2) is 0 Å². The van der Waals surface area contributed by atoms with Crippen LogP contribution in [0.2, 0.25) is 0 Å². The summed E-state index contributed by atoms with van der Waals surface area (Å²) < 4.78 is 7.66. The minimum absolute atomic E-state index is 0.0414. The first-order valence-electron chi connectivity index (χ1n) is 7.80. The molecule has 5 heteroatoms. The minimum Gasteiger partial charge on any atom is -0.438 e. The summed E-state index contributed by atoms with van der Waals surface area (Å²) in [6.45, 7) is 1.92. The number of nitrogens with zero attached hydrogens (tertiary/aromatic N) is 1. The number of hydrogen-bond donors (Lipinski definition) is 0. The molecule has 0 amide bonds. The summed E-state index contributed by atoms with van der Waals surface area (Å²) in [5, 5.41) is 0. The summed E-state index contributed by atoms with van der Waals surface area (Å²) in [4.78, 5) is 15.8. The maximum Gasteiger partial charge on any atom is 0.204 e. The number of rotatable bonds is 2. The summed E-state index contributed by atoms with van der Waals surface area (Å²) in [6.07, 6.45) is 3.56. The zero-order valence-corrected chi connectivity index (χ0v) is 15.0. The van der Waals surface area contributed by atoms with Crippen molar-refractivity contribution in [3.05, 3.63) is 51.1 Å². The third-order valence-electron chi connectivity index (χ3n) is 4.20. The molecule has 23 heavy (non-hydrogen) atoms. The highest BCUT2D eigenvalue weighted by Gasteiger charge is 2.20. The number of benzene rings is 1. The van der Waals surface area contributed by atoms with Gasteiger partial charge in [-0.15, -0.1) is 11.3 Å². The summed E-state index contributed by atoms with van der Waals surface area (Å²) >= 11 is 5.13. The Kier molecular flexibility index (Phi) is 3.99. The molecule has 0 radical (unpaired) electrons. The van der Waals surface area contributed by atoms with E-state index in [1.807, 2.05) is 30.3 Å². The third kappa shape index (κ3) is 2.72. The highest BCUT2D eigenvalue weighted by molar-refractivity contribution is 9.10. The molecule has 0 saturated carbocycles. The largest absolute Gasteiger partial charge is 0.438 e. The van der Waals surface area contributed by atoms with Crippen molar-refractivity contribution in [1.82, 2.24) is 0 Å². The van der Waals surface area contributed by atoms with E-state index in [4.69, 9.17) is 4.42 Å². The number of piperidine rings is 1. The molecule has 118 valence electrons. The van der Waals surface area contributed by atoms with E-state index >= 15 is 0 Å². The normalized spacial score (nSPS) is 15.3. The fourth-order valence-corrected chi connectivity index (χ4v) is 4.92. The molecular formula is C18H16BrNO2S. The van der Waals surface area contributed by atoms with Crippen molar-refractivity contribution >= 4 is 43.4 Å². The molecule has 4 rings (SSSR count). The molecule has 1 saturated heterocycles. The van der Waals surface area contributed by atoms with Crippen LogP contribution in [0.4, 0.5) is 5.88 Å². The number of thiophene rings is 1. The quantitative estimate of drug-likeness (QED) is 0.598. The third-order valence-corrected chi connectivity index (χ3v) is 6.45. The molecule has 3 nitrogen and oxygen atoms in total. The molecule has 2 aromatic heterocycles. The topological polar surface area (TPSA) is 33.5 Å². The van der Waals surface area contributed by atoms with Crippen molar-refractivity contribution in [2.24, 2.45) is 0 Å². The average molecular weight is 390 g/mol. The number of fused-ring (bicyclic) bond motifs is 1. The van der Waals surface area contributed by atoms with E-state index in [1.54, 1.807) is 6.07 Å². The van der Waals surface area contributed by atoms with Crippen molar-refractivity contribution in [3.8, 4) is 10.4 Å². The fraction of sp³-hybridized carbons (Fsp3) is 0.278. The minimum atomic E-state index is 0.0414. The van der Waals surface area contributed by atoms with Crippen LogP contribution in [0.5, 0.6) is 0 Å². The molecular weight excluding hydrogens is 374 g/mol. The van der Waals surface area contributed by atoms with Gasteiger partial charge < -0.3 is 9.32 Å². The summed E-state index contributed by atoms with van der Waals surface area (Å²) in [5.41, 5.74) is 1.80. The number of halogens is 1. The van der Waals surface area contributed by atoms with E-state index in [0.717, 1.165) is 40.8 Å². The Morgan fingerprint density at radius 1 is 1.09 bits per heavy atom. The van der Waals surface area contributed by atoms with Gasteiger partial charge >= 0.3 is 0 Å². The Labute approximate surface area is 146 Å². The first kappa shape index (κ1) is 15.0. The molecule has 0 atom stereocenters. The Morgan fingerprint density at radius 3 is 2.57 bits per heavy atom. The van der Waals surface area contributed by atoms with Gasteiger partial charge in [0.05, 0.1) is 9.35 Å². The van der Waals surface area contributed by atoms with Gasteiger partial charge in [0, 0.05) is 19.2 Å². The Morgan fingerprint density at radius 2 is 1.83 bits per heavy atom. The zero-order valence-electron chi connectivity index (χ0n) is 12.5. The first-order chi connectivity index (χ1) is 11.2. The van der Waals surface area contributed by atoms with Gasteiger partial charge in [-0.1, -0.05) is 30.3 Å². The van der Waals surface area contributed by atoms with Crippen LogP contribution in [0.25, 0.3) is 20.7 Å². The second-order valence-corrected chi connectivity index (χ2v) is 7.58. The van der Waals surface area contributed by atoms with E-state index in [0.29, 0.717) is 16.2 Å². The van der Waals surface area contributed by atoms with Crippen LogP contribution in [0.3, 0.4) is 0 Å². The smallest absolute Gasteiger partial charge is 0.204 e. The Bertz CT molecular complexity index is 895. The standard InChI is InChI=1S/C18H16BrNO2S/c19-15-16-18(23-17(15)12-7-3-1-4-8-12)13(21)11-14(22-16)20-9-5-2-6-10-20/h1,3-4,7-8,11H,2,5-6,9-10H2. The lowest BCUT2D eigenvalue weighted by Gasteiger charge is -2.26. The number of anilines is 1. The molecule has 0 N–H and O–H groups in total. The van der Waals surface area contributed by atoms with Crippen molar-refractivity contribution in [1.29, 1.82) is 0 Å². The SMILES string of the molecule is O=c1cc(N2CCCCC2)oc2c(Br)c(-c3ccccc3)sc12. The Balaban J connectivity index is 1.86. The highest BCUT2D eigenvalue weighted by Crippen LogP contribution is 2.42. The molecule has 0 unspecified atom stereocenters. The van der Waals surface area contributed by atoms with Gasteiger partial charge in [0.1, 0.15) is 4.70 Å². The van der Waals surface area contributed by atoms with Crippen molar-refractivity contribution < 1.29 is 4.42 Å². The summed E-state index contributed by atoms with van der Waals surface area (Å²) in [5.74, 6) is 0.695. The van der Waals surface area contributed by atoms with Crippen LogP contribution in [0.1, 0.15) is 19.3 Å². The molecule has 1 fully saturated rings. The summed E-state index contributed by atoms with van der Waals surface area (Å²) in [7, 11) is 0. The van der Waals surface area contributed by atoms with Crippen LogP contribution in [0, 0.1) is 0 Å². The first-order valence-corrected chi connectivity index (χ1v) is 9.41. The monoisotopic (exact) mass is 389 g/mol. The maximum absolute atomic E-state index is 12.5. The predicted octanol–water partition coefficient (Wildman–Crippen LogP) is 5.27. The molecule has 0 aliphatic carbocycles. The predicted molar refractivity (Wildman–Crippen MR) is 99.6 cm³/mol. The van der Waals surface area contributed by atoms with E-state index in [9.17, 15) is 4.79 Å². The zero-order chi connectivity index (χ0) is 15.8. The maximum atomic E-state index is 12.5. The summed E-state index contributed by atoms with van der Waals surface area (Å²) in [6, 6.07) is 11.7. The van der Waals surface area contributed by atoms with Crippen molar-refractivity contribution in [2.45, 2.75) is 19.3 Å². The fourth-order valence-electron chi connectivity index (χ4n) is 3.01. The van der Waals surface area contributed by atoms with Gasteiger partial charge in [0.25, 0.3) is 0 Å². The molecule has 0 bridgehead atoms.